The highest BCUT2D eigenvalue weighted by Gasteiger charge is 2.19. The van der Waals surface area contributed by atoms with Crippen LogP contribution in [0.4, 0.5) is 5.69 Å². The summed E-state index contributed by atoms with van der Waals surface area (Å²) < 4.78 is 2.93. The van der Waals surface area contributed by atoms with Gasteiger partial charge in [0.05, 0.1) is 10.8 Å². The van der Waals surface area contributed by atoms with Gasteiger partial charge in [0.1, 0.15) is 0 Å². The van der Waals surface area contributed by atoms with Gasteiger partial charge in [-0.05, 0) is 49.7 Å². The van der Waals surface area contributed by atoms with Crippen molar-refractivity contribution in [3.8, 4) is 0 Å². The van der Waals surface area contributed by atoms with E-state index in [0.29, 0.717) is 5.16 Å². The topological polar surface area (TPSA) is 59.3 Å². The zero-order chi connectivity index (χ0) is 19.0. The van der Waals surface area contributed by atoms with Gasteiger partial charge in [-0.2, -0.15) is 0 Å². The highest BCUT2D eigenvalue weighted by atomic mass is 79.9. The minimum atomic E-state index is -0.323. The van der Waals surface area contributed by atoms with Crippen LogP contribution in [0.15, 0.2) is 64.2 Å². The van der Waals surface area contributed by atoms with Crippen LogP contribution in [-0.4, -0.2) is 25.8 Å². The first-order valence-electron chi connectivity index (χ1n) is 8.49. The van der Waals surface area contributed by atoms with Gasteiger partial charge in [-0.25, -0.2) is 0 Å². The molecule has 0 spiro atoms. The highest BCUT2D eigenvalue weighted by molar-refractivity contribution is 9.10. The first-order chi connectivity index (χ1) is 13.0. The van der Waals surface area contributed by atoms with Gasteiger partial charge in [0.25, 0.3) is 0 Å². The normalized spacial score (nSPS) is 12.4. The van der Waals surface area contributed by atoms with Crippen LogP contribution in [0, 0.1) is 6.92 Å². The van der Waals surface area contributed by atoms with Crippen LogP contribution in [0.1, 0.15) is 12.5 Å². The Kier molecular flexibility index (Phi) is 4.88. The van der Waals surface area contributed by atoms with E-state index in [0.717, 1.165) is 32.3 Å². The predicted molar refractivity (Wildman–Crippen MR) is 113 cm³/mol. The summed E-state index contributed by atoms with van der Waals surface area (Å²) in [7, 11) is 0. The van der Waals surface area contributed by atoms with E-state index in [1.165, 1.54) is 11.8 Å². The molecule has 0 saturated heterocycles. The molecule has 136 valence electrons. The average molecular weight is 441 g/mol. The lowest BCUT2D eigenvalue weighted by molar-refractivity contribution is -0.115. The second-order valence-electron chi connectivity index (χ2n) is 6.28. The quantitative estimate of drug-likeness (QED) is 0.449. The highest BCUT2D eigenvalue weighted by Crippen LogP contribution is 2.28. The molecule has 2 heterocycles. The molecule has 7 heteroatoms. The zero-order valence-corrected chi connectivity index (χ0v) is 17.2. The number of pyridine rings is 1. The van der Waals surface area contributed by atoms with Gasteiger partial charge in [0.15, 0.2) is 10.8 Å². The minimum Gasteiger partial charge on any atom is -0.325 e. The summed E-state index contributed by atoms with van der Waals surface area (Å²) in [5.74, 6) is -0.0775. The molecule has 0 bridgehead atoms. The number of nitrogens with one attached hydrogen (secondary N) is 1. The van der Waals surface area contributed by atoms with Crippen LogP contribution < -0.4 is 5.32 Å². The van der Waals surface area contributed by atoms with Crippen molar-refractivity contribution in [1.29, 1.82) is 0 Å². The lowest BCUT2D eigenvalue weighted by Crippen LogP contribution is -2.22. The number of thioether (sulfide) groups is 1. The smallest absolute Gasteiger partial charge is 0.237 e. The van der Waals surface area contributed by atoms with Crippen LogP contribution in [0.3, 0.4) is 0 Å². The molecular formula is C20H17BrN4OS. The Morgan fingerprint density at radius 1 is 1.15 bits per heavy atom. The minimum absolute atomic E-state index is 0.0775. The number of fused-ring (bicyclic) bond motifs is 3. The Bertz CT molecular complexity index is 1160. The predicted octanol–water partition coefficient (Wildman–Crippen LogP) is 5.07. The molecule has 2 aromatic carbocycles. The number of benzene rings is 2. The number of aromatic nitrogens is 3. The largest absolute Gasteiger partial charge is 0.325 e. The third-order valence-corrected chi connectivity index (χ3v) is 5.85. The number of para-hydroxylation sites is 1. The van der Waals surface area contributed by atoms with Crippen molar-refractivity contribution < 1.29 is 4.79 Å². The van der Waals surface area contributed by atoms with Gasteiger partial charge in [-0.1, -0.05) is 52.0 Å². The molecule has 0 aliphatic rings. The summed E-state index contributed by atoms with van der Waals surface area (Å²) in [6, 6.07) is 17.7. The Labute approximate surface area is 169 Å². The molecule has 1 unspecified atom stereocenters. The van der Waals surface area contributed by atoms with Crippen molar-refractivity contribution >= 4 is 55.8 Å². The van der Waals surface area contributed by atoms with Crippen molar-refractivity contribution in [3.63, 3.8) is 0 Å². The second kappa shape index (κ2) is 7.32. The second-order valence-corrected chi connectivity index (χ2v) is 8.50. The molecule has 2 aromatic heterocycles. The molecule has 0 aliphatic heterocycles. The van der Waals surface area contributed by atoms with E-state index in [4.69, 9.17) is 0 Å². The molecule has 4 aromatic rings. The number of hydrogen-bond donors (Lipinski definition) is 1. The number of anilines is 1. The van der Waals surface area contributed by atoms with Gasteiger partial charge in [-0.3, -0.25) is 9.20 Å². The van der Waals surface area contributed by atoms with Crippen LogP contribution >= 0.6 is 27.7 Å². The first-order valence-corrected chi connectivity index (χ1v) is 10.2. The number of halogens is 1. The van der Waals surface area contributed by atoms with E-state index in [9.17, 15) is 4.79 Å². The Morgan fingerprint density at radius 2 is 1.96 bits per heavy atom. The van der Waals surface area contributed by atoms with Crippen LogP contribution in [0.5, 0.6) is 0 Å². The van der Waals surface area contributed by atoms with Crippen molar-refractivity contribution in [2.45, 2.75) is 24.3 Å². The van der Waals surface area contributed by atoms with E-state index in [1.807, 2.05) is 53.8 Å². The summed E-state index contributed by atoms with van der Waals surface area (Å²) in [4.78, 5) is 12.6. The molecule has 1 amide bonds. The molecule has 4 rings (SSSR count). The fourth-order valence-electron chi connectivity index (χ4n) is 2.97. The van der Waals surface area contributed by atoms with E-state index >= 15 is 0 Å². The first kappa shape index (κ1) is 18.0. The SMILES string of the molecule is Cc1cc2nnc(SC(C)C(=O)Nc3cccc(Br)c3)n2c2ccccc12. The lowest BCUT2D eigenvalue weighted by atomic mass is 10.1. The summed E-state index contributed by atoms with van der Waals surface area (Å²) >= 11 is 4.81. The summed E-state index contributed by atoms with van der Waals surface area (Å²) in [5.41, 5.74) is 3.74. The molecular weight excluding hydrogens is 424 g/mol. The molecule has 1 N–H and O–H groups in total. The summed E-state index contributed by atoms with van der Waals surface area (Å²) in [5, 5.41) is 13.1. The standard InChI is InChI=1S/C20H17BrN4OS/c1-12-10-18-23-24-20(25(18)17-9-4-3-8-16(12)17)27-13(2)19(26)22-15-7-5-6-14(21)11-15/h3-11,13H,1-2H3,(H,22,26). The Balaban J connectivity index is 1.63. The fourth-order valence-corrected chi connectivity index (χ4v) is 4.24. The number of aryl methyl sites for hydroxylation is 1. The van der Waals surface area contributed by atoms with Gasteiger partial charge in [0, 0.05) is 15.5 Å². The maximum absolute atomic E-state index is 12.6. The summed E-state index contributed by atoms with van der Waals surface area (Å²) in [6.45, 7) is 3.94. The van der Waals surface area contributed by atoms with E-state index in [-0.39, 0.29) is 11.2 Å². The molecule has 0 saturated carbocycles. The molecule has 1 atom stereocenters. The number of carbonyl (C=O) groups is 1. The van der Waals surface area contributed by atoms with Crippen molar-refractivity contribution in [2.24, 2.45) is 0 Å². The van der Waals surface area contributed by atoms with Crippen molar-refractivity contribution in [1.82, 2.24) is 14.6 Å². The van der Waals surface area contributed by atoms with E-state index in [2.05, 4.69) is 50.5 Å². The molecule has 5 nitrogen and oxygen atoms in total. The molecule has 0 aliphatic carbocycles. The Morgan fingerprint density at radius 3 is 2.78 bits per heavy atom. The van der Waals surface area contributed by atoms with E-state index in [1.54, 1.807) is 0 Å². The van der Waals surface area contributed by atoms with Crippen LogP contribution in [0.25, 0.3) is 16.6 Å². The number of nitrogens with zero attached hydrogens (tertiary/aromatic N) is 3. The number of amides is 1. The third kappa shape index (κ3) is 3.57. The van der Waals surface area contributed by atoms with Gasteiger partial charge >= 0.3 is 0 Å². The van der Waals surface area contributed by atoms with Gasteiger partial charge < -0.3 is 5.32 Å². The number of hydrogen-bond acceptors (Lipinski definition) is 4. The molecule has 27 heavy (non-hydrogen) atoms. The number of carbonyl (C=O) groups excluding carboxylic acids is 1. The van der Waals surface area contributed by atoms with Crippen molar-refractivity contribution in [3.05, 3.63) is 64.6 Å². The molecule has 0 fully saturated rings. The van der Waals surface area contributed by atoms with Crippen molar-refractivity contribution in [2.75, 3.05) is 5.32 Å². The Hall–Kier alpha value is -2.38. The molecule has 0 radical (unpaired) electrons. The maximum atomic E-state index is 12.6. The van der Waals surface area contributed by atoms with Gasteiger partial charge in [0.2, 0.25) is 5.91 Å². The monoisotopic (exact) mass is 440 g/mol. The lowest BCUT2D eigenvalue weighted by Gasteiger charge is -2.12. The zero-order valence-electron chi connectivity index (χ0n) is 14.8. The van der Waals surface area contributed by atoms with Gasteiger partial charge in [-0.15, -0.1) is 10.2 Å². The van der Waals surface area contributed by atoms with Crippen LogP contribution in [0.2, 0.25) is 0 Å². The summed E-state index contributed by atoms with van der Waals surface area (Å²) in [6.07, 6.45) is 0. The number of rotatable bonds is 4. The average Bonchev–Trinajstić information content (AvgIpc) is 3.04. The third-order valence-electron chi connectivity index (χ3n) is 4.32. The van der Waals surface area contributed by atoms with Crippen LogP contribution in [-0.2, 0) is 4.79 Å². The maximum Gasteiger partial charge on any atom is 0.237 e. The van der Waals surface area contributed by atoms with E-state index < -0.39 is 0 Å². The fraction of sp³-hybridized carbons (Fsp3) is 0.150.